The molecule has 0 saturated carbocycles. The number of carbonyl (C=O) groups excluding carboxylic acids is 1. The van der Waals surface area contributed by atoms with Crippen LogP contribution in [0.25, 0.3) is 6.08 Å². The van der Waals surface area contributed by atoms with Crippen LogP contribution in [0.2, 0.25) is 0 Å². The van der Waals surface area contributed by atoms with Crippen molar-refractivity contribution >= 4 is 12.0 Å². The monoisotopic (exact) mass is 178 g/mol. The predicted octanol–water partition coefficient (Wildman–Crippen LogP) is 1.80. The Kier molecular flexibility index (Phi) is 3.73. The van der Waals surface area contributed by atoms with Gasteiger partial charge in [0, 0.05) is 6.08 Å². The fourth-order valence-corrected chi connectivity index (χ4v) is 0.838. The highest BCUT2D eigenvalue weighted by Crippen LogP contribution is 2.00. The molecule has 0 fully saturated rings. The van der Waals surface area contributed by atoms with Crippen LogP contribution in [0.1, 0.15) is 5.56 Å². The van der Waals surface area contributed by atoms with E-state index in [0.29, 0.717) is 0 Å². The van der Waals surface area contributed by atoms with Gasteiger partial charge >= 0.3 is 5.97 Å². The van der Waals surface area contributed by atoms with E-state index in [1.165, 1.54) is 13.2 Å². The molecule has 0 bridgehead atoms. The lowest BCUT2D eigenvalue weighted by Crippen LogP contribution is -1.97. The van der Waals surface area contributed by atoms with E-state index < -0.39 is 5.97 Å². The van der Waals surface area contributed by atoms with Gasteiger partial charge in [0.25, 0.3) is 0 Å². The Morgan fingerprint density at radius 1 is 1.31 bits per heavy atom. The summed E-state index contributed by atoms with van der Waals surface area (Å²) in [6.45, 7) is 0. The van der Waals surface area contributed by atoms with E-state index in [1.807, 2.05) is 30.3 Å². The van der Waals surface area contributed by atoms with Crippen molar-refractivity contribution in [3.63, 3.8) is 0 Å². The average Bonchev–Trinajstić information content (AvgIpc) is 2.17. The summed E-state index contributed by atoms with van der Waals surface area (Å²) >= 11 is 0. The molecule has 1 aromatic rings. The molecule has 3 heteroatoms. The van der Waals surface area contributed by atoms with E-state index in [0.717, 1.165) is 5.56 Å². The second-order valence-electron chi connectivity index (χ2n) is 2.31. The third-order valence-electron chi connectivity index (χ3n) is 1.38. The first kappa shape index (κ1) is 9.48. The lowest BCUT2D eigenvalue weighted by molar-refractivity contribution is -0.249. The molecule has 0 radical (unpaired) electrons. The van der Waals surface area contributed by atoms with E-state index in [2.05, 4.69) is 9.78 Å². The summed E-state index contributed by atoms with van der Waals surface area (Å²) in [5.41, 5.74) is 0.940. The first-order chi connectivity index (χ1) is 6.33. The van der Waals surface area contributed by atoms with Gasteiger partial charge in [-0.25, -0.2) is 4.79 Å². The second-order valence-corrected chi connectivity index (χ2v) is 2.31. The van der Waals surface area contributed by atoms with E-state index in [-0.39, 0.29) is 0 Å². The van der Waals surface area contributed by atoms with Crippen LogP contribution < -0.4 is 0 Å². The molecule has 1 rings (SSSR count). The molecule has 0 spiro atoms. The highest BCUT2D eigenvalue weighted by Gasteiger charge is 1.94. The van der Waals surface area contributed by atoms with Crippen LogP contribution in [0.3, 0.4) is 0 Å². The van der Waals surface area contributed by atoms with Gasteiger partial charge < -0.3 is 0 Å². The molecule has 0 unspecified atom stereocenters. The van der Waals surface area contributed by atoms with Gasteiger partial charge in [-0.15, -0.1) is 0 Å². The van der Waals surface area contributed by atoms with Gasteiger partial charge in [-0.05, 0) is 11.6 Å². The number of hydrogen-bond acceptors (Lipinski definition) is 3. The summed E-state index contributed by atoms with van der Waals surface area (Å²) in [6, 6.07) is 9.46. The smallest absolute Gasteiger partial charge is 0.294 e. The quantitative estimate of drug-likeness (QED) is 0.402. The largest absolute Gasteiger partial charge is 0.365 e. The third kappa shape index (κ3) is 3.53. The van der Waals surface area contributed by atoms with Gasteiger partial charge in [-0.2, -0.15) is 4.89 Å². The SMILES string of the molecule is COOC(=O)C=Cc1ccccc1. The molecular formula is C10H10O3. The minimum absolute atomic E-state index is 0.522. The molecule has 0 atom stereocenters. The zero-order valence-electron chi connectivity index (χ0n) is 7.27. The van der Waals surface area contributed by atoms with E-state index in [4.69, 9.17) is 0 Å². The molecule has 0 heterocycles. The van der Waals surface area contributed by atoms with Crippen molar-refractivity contribution in [1.82, 2.24) is 0 Å². The minimum Gasteiger partial charge on any atom is -0.294 e. The average molecular weight is 178 g/mol. The Morgan fingerprint density at radius 3 is 2.62 bits per heavy atom. The fraction of sp³-hybridized carbons (Fsp3) is 0.100. The molecule has 0 amide bonds. The molecule has 13 heavy (non-hydrogen) atoms. The highest BCUT2D eigenvalue weighted by molar-refractivity contribution is 5.86. The maximum atomic E-state index is 10.8. The van der Waals surface area contributed by atoms with Crippen molar-refractivity contribution in [3.8, 4) is 0 Å². The Bertz CT molecular complexity index is 290. The number of carbonyl (C=O) groups is 1. The normalized spacial score (nSPS) is 10.2. The van der Waals surface area contributed by atoms with Crippen LogP contribution in [0.5, 0.6) is 0 Å². The number of hydrogen-bond donors (Lipinski definition) is 0. The van der Waals surface area contributed by atoms with Crippen LogP contribution in [-0.4, -0.2) is 13.1 Å². The van der Waals surface area contributed by atoms with Crippen LogP contribution in [0.15, 0.2) is 36.4 Å². The predicted molar refractivity (Wildman–Crippen MR) is 48.6 cm³/mol. The molecule has 3 nitrogen and oxygen atoms in total. The Hall–Kier alpha value is -1.61. The number of benzene rings is 1. The van der Waals surface area contributed by atoms with E-state index >= 15 is 0 Å². The van der Waals surface area contributed by atoms with Crippen LogP contribution >= 0.6 is 0 Å². The molecular weight excluding hydrogens is 168 g/mol. The first-order valence-corrected chi connectivity index (χ1v) is 3.80. The summed E-state index contributed by atoms with van der Waals surface area (Å²) < 4.78 is 0. The van der Waals surface area contributed by atoms with Crippen molar-refractivity contribution in [2.75, 3.05) is 7.11 Å². The molecule has 68 valence electrons. The fourth-order valence-electron chi connectivity index (χ4n) is 0.838. The van der Waals surface area contributed by atoms with Gasteiger partial charge in [-0.1, -0.05) is 30.3 Å². The zero-order valence-corrected chi connectivity index (χ0v) is 7.27. The van der Waals surface area contributed by atoms with Crippen molar-refractivity contribution in [1.29, 1.82) is 0 Å². The molecule has 0 aliphatic rings. The van der Waals surface area contributed by atoms with Crippen LogP contribution in [0.4, 0.5) is 0 Å². The van der Waals surface area contributed by atoms with Crippen molar-refractivity contribution in [2.45, 2.75) is 0 Å². The highest BCUT2D eigenvalue weighted by atomic mass is 17.2. The maximum Gasteiger partial charge on any atom is 0.365 e. The second kappa shape index (κ2) is 5.11. The van der Waals surface area contributed by atoms with Gasteiger partial charge in [0.15, 0.2) is 0 Å². The molecule has 0 N–H and O–H groups in total. The summed E-state index contributed by atoms with van der Waals surface area (Å²) in [4.78, 5) is 19.2. The molecule has 0 aromatic heterocycles. The summed E-state index contributed by atoms with van der Waals surface area (Å²) in [5.74, 6) is -0.522. The lowest BCUT2D eigenvalue weighted by Gasteiger charge is -1.93. The van der Waals surface area contributed by atoms with Crippen molar-refractivity contribution < 1.29 is 14.6 Å². The first-order valence-electron chi connectivity index (χ1n) is 3.80. The standard InChI is InChI=1S/C10H10O3/c1-12-13-10(11)8-7-9-5-3-2-4-6-9/h2-8H,1H3. The lowest BCUT2D eigenvalue weighted by atomic mass is 10.2. The Labute approximate surface area is 76.5 Å². The molecule has 1 aromatic carbocycles. The minimum atomic E-state index is -0.522. The van der Waals surface area contributed by atoms with Gasteiger partial charge in [-0.3, -0.25) is 4.89 Å². The van der Waals surface area contributed by atoms with Crippen LogP contribution in [0, 0.1) is 0 Å². The molecule has 0 aliphatic heterocycles. The van der Waals surface area contributed by atoms with Crippen LogP contribution in [-0.2, 0) is 14.6 Å². The van der Waals surface area contributed by atoms with Crippen molar-refractivity contribution in [3.05, 3.63) is 42.0 Å². The van der Waals surface area contributed by atoms with E-state index in [1.54, 1.807) is 6.08 Å². The topological polar surface area (TPSA) is 35.5 Å². The summed E-state index contributed by atoms with van der Waals surface area (Å²) in [5, 5.41) is 0. The Morgan fingerprint density at radius 2 is 2.00 bits per heavy atom. The van der Waals surface area contributed by atoms with Gasteiger partial charge in [0.05, 0.1) is 7.11 Å². The molecule has 0 aliphatic carbocycles. The summed E-state index contributed by atoms with van der Waals surface area (Å²) in [7, 11) is 1.29. The van der Waals surface area contributed by atoms with Crippen molar-refractivity contribution in [2.24, 2.45) is 0 Å². The summed E-state index contributed by atoms with van der Waals surface area (Å²) in [6.07, 6.45) is 2.96. The Balaban J connectivity index is 2.54. The van der Waals surface area contributed by atoms with E-state index in [9.17, 15) is 4.79 Å². The molecule has 0 saturated heterocycles. The number of rotatable bonds is 3. The maximum absolute atomic E-state index is 10.8. The third-order valence-corrected chi connectivity index (χ3v) is 1.38. The zero-order chi connectivity index (χ0) is 9.52. The van der Waals surface area contributed by atoms with Gasteiger partial charge in [0.2, 0.25) is 0 Å². The van der Waals surface area contributed by atoms with Gasteiger partial charge in [0.1, 0.15) is 0 Å².